The van der Waals surface area contributed by atoms with Crippen molar-refractivity contribution in [2.75, 3.05) is 31.6 Å². The van der Waals surface area contributed by atoms with E-state index in [-0.39, 0.29) is 43.3 Å². The minimum Gasteiger partial charge on any atom is -0.466 e. The van der Waals surface area contributed by atoms with E-state index in [4.69, 9.17) is 4.74 Å². The molecule has 1 aliphatic carbocycles. The van der Waals surface area contributed by atoms with E-state index in [0.29, 0.717) is 30.8 Å². The lowest BCUT2D eigenvalue weighted by Gasteiger charge is -2.34. The molecule has 0 radical (unpaired) electrons. The summed E-state index contributed by atoms with van der Waals surface area (Å²) in [7, 11) is 0. The molecule has 9 nitrogen and oxygen atoms in total. The Balaban J connectivity index is 1.51. The molecule has 1 aromatic carbocycles. The zero-order valence-electron chi connectivity index (χ0n) is 19.2. The molecule has 33 heavy (non-hydrogen) atoms. The molecule has 3 amide bonds. The van der Waals surface area contributed by atoms with Gasteiger partial charge in [0.2, 0.25) is 11.8 Å². The molecule has 0 bridgehead atoms. The molecule has 0 spiro atoms. The Hall–Kier alpha value is -3.10. The summed E-state index contributed by atoms with van der Waals surface area (Å²) in [6, 6.07) is 6.34. The maximum atomic E-state index is 12.8. The van der Waals surface area contributed by atoms with Crippen LogP contribution in [0.15, 0.2) is 24.3 Å². The zero-order chi connectivity index (χ0) is 23.6. The summed E-state index contributed by atoms with van der Waals surface area (Å²) in [5, 5.41) is 8.83. The highest BCUT2D eigenvalue weighted by atomic mass is 16.5. The smallest absolute Gasteiger partial charge is 0.308 e. The molecule has 3 rings (SSSR count). The number of ether oxygens (including phenoxy) is 1. The number of benzene rings is 1. The van der Waals surface area contributed by atoms with Crippen LogP contribution in [-0.4, -0.2) is 66.9 Å². The van der Waals surface area contributed by atoms with Crippen molar-refractivity contribution in [2.24, 2.45) is 0 Å². The van der Waals surface area contributed by atoms with Gasteiger partial charge in [0.25, 0.3) is 5.91 Å². The van der Waals surface area contributed by atoms with Crippen molar-refractivity contribution in [1.29, 1.82) is 0 Å². The van der Waals surface area contributed by atoms with Gasteiger partial charge in [0.1, 0.15) is 6.04 Å². The van der Waals surface area contributed by atoms with Crippen LogP contribution in [0.3, 0.4) is 0 Å². The Kier molecular flexibility index (Phi) is 9.09. The van der Waals surface area contributed by atoms with Crippen LogP contribution in [0.25, 0.3) is 0 Å². The molecule has 1 atom stereocenters. The van der Waals surface area contributed by atoms with Gasteiger partial charge in [0.15, 0.2) is 0 Å². The Morgan fingerprint density at radius 1 is 1.12 bits per heavy atom. The van der Waals surface area contributed by atoms with Crippen molar-refractivity contribution in [2.45, 2.75) is 64.0 Å². The number of anilines is 1. The van der Waals surface area contributed by atoms with E-state index in [1.807, 2.05) is 6.92 Å². The molecule has 1 unspecified atom stereocenters. The Morgan fingerprint density at radius 3 is 2.55 bits per heavy atom. The molecular weight excluding hydrogens is 424 g/mol. The number of esters is 1. The van der Waals surface area contributed by atoms with Crippen LogP contribution in [0.4, 0.5) is 5.69 Å². The SMILES string of the molecule is CCCOC(=O)CC1C(=O)NCCN1C(=O)CNc1ccc(C(=O)NC2CCCCC2)cc1. The second-order valence-corrected chi connectivity index (χ2v) is 8.56. The first-order valence-electron chi connectivity index (χ1n) is 11.9. The van der Waals surface area contributed by atoms with Gasteiger partial charge in [-0.2, -0.15) is 0 Å². The molecule has 2 fully saturated rings. The first kappa shape index (κ1) is 24.5. The third-order valence-electron chi connectivity index (χ3n) is 6.01. The van der Waals surface area contributed by atoms with E-state index >= 15 is 0 Å². The number of piperazine rings is 1. The van der Waals surface area contributed by atoms with Crippen molar-refractivity contribution >= 4 is 29.4 Å². The van der Waals surface area contributed by atoms with Crippen molar-refractivity contribution in [3.8, 4) is 0 Å². The summed E-state index contributed by atoms with van der Waals surface area (Å²) in [6.45, 7) is 2.82. The number of nitrogens with zero attached hydrogens (tertiary/aromatic N) is 1. The largest absolute Gasteiger partial charge is 0.466 e. The predicted octanol–water partition coefficient (Wildman–Crippen LogP) is 1.83. The number of carbonyl (C=O) groups is 4. The lowest BCUT2D eigenvalue weighted by Crippen LogP contribution is -2.58. The van der Waals surface area contributed by atoms with Crippen LogP contribution >= 0.6 is 0 Å². The molecule has 1 aliphatic heterocycles. The first-order chi connectivity index (χ1) is 16.0. The van der Waals surface area contributed by atoms with Gasteiger partial charge in [-0.05, 0) is 43.5 Å². The number of amides is 3. The minimum atomic E-state index is -0.872. The zero-order valence-corrected chi connectivity index (χ0v) is 19.2. The summed E-state index contributed by atoms with van der Waals surface area (Å²) in [6.07, 6.45) is 6.12. The maximum absolute atomic E-state index is 12.8. The van der Waals surface area contributed by atoms with Crippen LogP contribution in [0.1, 0.15) is 62.2 Å². The summed E-state index contributed by atoms with van der Waals surface area (Å²) in [5.74, 6) is -1.21. The van der Waals surface area contributed by atoms with Gasteiger partial charge in [-0.25, -0.2) is 0 Å². The lowest BCUT2D eigenvalue weighted by molar-refractivity contribution is -0.151. The van der Waals surface area contributed by atoms with Crippen molar-refractivity contribution in [1.82, 2.24) is 15.5 Å². The van der Waals surface area contributed by atoms with Crippen LogP contribution in [0, 0.1) is 0 Å². The summed E-state index contributed by atoms with van der Waals surface area (Å²) in [5.41, 5.74) is 1.27. The fourth-order valence-corrected chi connectivity index (χ4v) is 4.18. The highest BCUT2D eigenvalue weighted by Crippen LogP contribution is 2.18. The van der Waals surface area contributed by atoms with E-state index in [2.05, 4.69) is 16.0 Å². The highest BCUT2D eigenvalue weighted by Gasteiger charge is 2.34. The number of nitrogens with one attached hydrogen (secondary N) is 3. The fourth-order valence-electron chi connectivity index (χ4n) is 4.18. The molecule has 0 aromatic heterocycles. The number of hydrogen-bond donors (Lipinski definition) is 3. The Labute approximate surface area is 194 Å². The average Bonchev–Trinajstić information content (AvgIpc) is 2.83. The van der Waals surface area contributed by atoms with Crippen molar-refractivity contribution < 1.29 is 23.9 Å². The van der Waals surface area contributed by atoms with Gasteiger partial charge in [-0.15, -0.1) is 0 Å². The first-order valence-corrected chi connectivity index (χ1v) is 11.9. The molecule has 9 heteroatoms. The molecule has 1 heterocycles. The average molecular weight is 459 g/mol. The van der Waals surface area contributed by atoms with Gasteiger partial charge < -0.3 is 25.6 Å². The Bertz CT molecular complexity index is 836. The number of rotatable bonds is 9. The van der Waals surface area contributed by atoms with E-state index < -0.39 is 12.0 Å². The molecule has 2 aliphatic rings. The minimum absolute atomic E-state index is 0.0264. The summed E-state index contributed by atoms with van der Waals surface area (Å²) in [4.78, 5) is 50.9. The Morgan fingerprint density at radius 2 is 1.85 bits per heavy atom. The normalized spacial score (nSPS) is 18.9. The van der Waals surface area contributed by atoms with Gasteiger partial charge in [-0.3, -0.25) is 19.2 Å². The van der Waals surface area contributed by atoms with Crippen LogP contribution in [0.5, 0.6) is 0 Å². The highest BCUT2D eigenvalue weighted by molar-refractivity contribution is 5.95. The molecule has 1 saturated heterocycles. The van der Waals surface area contributed by atoms with Crippen LogP contribution in [0.2, 0.25) is 0 Å². The van der Waals surface area contributed by atoms with Gasteiger partial charge >= 0.3 is 5.97 Å². The van der Waals surface area contributed by atoms with Gasteiger partial charge in [0.05, 0.1) is 19.6 Å². The fraction of sp³-hybridized carbons (Fsp3) is 0.583. The van der Waals surface area contributed by atoms with E-state index in [9.17, 15) is 19.2 Å². The second kappa shape index (κ2) is 12.2. The van der Waals surface area contributed by atoms with E-state index in [0.717, 1.165) is 25.7 Å². The third-order valence-corrected chi connectivity index (χ3v) is 6.01. The molecule has 1 aromatic rings. The van der Waals surface area contributed by atoms with E-state index in [1.54, 1.807) is 24.3 Å². The van der Waals surface area contributed by atoms with Crippen LogP contribution < -0.4 is 16.0 Å². The molecule has 180 valence electrons. The summed E-state index contributed by atoms with van der Waals surface area (Å²) >= 11 is 0. The predicted molar refractivity (Wildman–Crippen MR) is 124 cm³/mol. The maximum Gasteiger partial charge on any atom is 0.308 e. The lowest BCUT2D eigenvalue weighted by atomic mass is 9.95. The number of carbonyl (C=O) groups excluding carboxylic acids is 4. The summed E-state index contributed by atoms with van der Waals surface area (Å²) < 4.78 is 5.07. The van der Waals surface area contributed by atoms with Crippen molar-refractivity contribution in [3.63, 3.8) is 0 Å². The van der Waals surface area contributed by atoms with Gasteiger partial charge in [-0.1, -0.05) is 26.2 Å². The standard InChI is InChI=1S/C24H34N4O5/c1-2-14-33-22(30)15-20-24(32)25-12-13-28(20)21(29)16-26-18-10-8-17(9-11-18)23(31)27-19-6-4-3-5-7-19/h8-11,19-20,26H,2-7,12-16H2,1H3,(H,25,32)(H,27,31). The van der Waals surface area contributed by atoms with Crippen molar-refractivity contribution in [3.05, 3.63) is 29.8 Å². The third kappa shape index (κ3) is 7.20. The quantitative estimate of drug-likeness (QED) is 0.486. The number of hydrogen-bond acceptors (Lipinski definition) is 6. The van der Waals surface area contributed by atoms with Gasteiger partial charge in [0, 0.05) is 30.4 Å². The van der Waals surface area contributed by atoms with Crippen LogP contribution in [-0.2, 0) is 19.1 Å². The monoisotopic (exact) mass is 458 g/mol. The second-order valence-electron chi connectivity index (χ2n) is 8.56. The topological polar surface area (TPSA) is 117 Å². The molecule has 3 N–H and O–H groups in total. The van der Waals surface area contributed by atoms with E-state index in [1.165, 1.54) is 11.3 Å². The molecular formula is C24H34N4O5. The molecule has 1 saturated carbocycles.